The van der Waals surface area contributed by atoms with E-state index in [0.717, 1.165) is 24.5 Å². The van der Waals surface area contributed by atoms with Crippen molar-refractivity contribution in [3.05, 3.63) is 23.9 Å². The number of nitrogens with zero attached hydrogens (tertiary/aromatic N) is 2. The molecule has 0 saturated heterocycles. The first kappa shape index (κ1) is 16.6. The van der Waals surface area contributed by atoms with Crippen LogP contribution in [0.3, 0.4) is 0 Å². The molecule has 0 aromatic carbocycles. The van der Waals surface area contributed by atoms with Gasteiger partial charge in [0.2, 0.25) is 5.88 Å². The van der Waals surface area contributed by atoms with Gasteiger partial charge in [0, 0.05) is 24.3 Å². The van der Waals surface area contributed by atoms with Gasteiger partial charge in [-0.25, -0.2) is 9.98 Å². The van der Waals surface area contributed by atoms with Gasteiger partial charge in [-0.2, -0.15) is 0 Å². The van der Waals surface area contributed by atoms with Crippen LogP contribution in [0.4, 0.5) is 0 Å². The summed E-state index contributed by atoms with van der Waals surface area (Å²) in [6, 6.07) is 4.52. The molecule has 1 aromatic heterocycles. The largest absolute Gasteiger partial charge is 0.477 e. The molecule has 22 heavy (non-hydrogen) atoms. The topological polar surface area (TPSA) is 58.5 Å². The van der Waals surface area contributed by atoms with Crippen LogP contribution >= 0.6 is 0 Å². The van der Waals surface area contributed by atoms with Crippen LogP contribution in [0, 0.1) is 0 Å². The SMILES string of the molecule is CCCOc1ncccc1CN=C(NCC)NC1CCCC1. The summed E-state index contributed by atoms with van der Waals surface area (Å²) >= 11 is 0. The summed E-state index contributed by atoms with van der Waals surface area (Å²) in [6.45, 7) is 6.31. The Morgan fingerprint density at radius 1 is 1.36 bits per heavy atom. The maximum absolute atomic E-state index is 5.69. The first-order valence-electron chi connectivity index (χ1n) is 8.45. The fourth-order valence-electron chi connectivity index (χ4n) is 2.62. The zero-order valence-corrected chi connectivity index (χ0v) is 13.8. The van der Waals surface area contributed by atoms with E-state index in [2.05, 4.69) is 29.5 Å². The Kier molecular flexibility index (Phi) is 7.00. The van der Waals surface area contributed by atoms with E-state index < -0.39 is 0 Å². The standard InChI is InChI=1S/C17H28N4O/c1-3-12-22-16-14(8-7-11-19-16)13-20-17(18-4-2)21-15-9-5-6-10-15/h7-8,11,15H,3-6,9-10,12-13H2,1-2H3,(H2,18,20,21). The van der Waals surface area contributed by atoms with Gasteiger partial charge in [-0.15, -0.1) is 0 Å². The van der Waals surface area contributed by atoms with Gasteiger partial charge in [0.15, 0.2) is 5.96 Å². The molecule has 0 aliphatic heterocycles. The Bertz CT molecular complexity index is 469. The molecule has 1 heterocycles. The second-order valence-corrected chi connectivity index (χ2v) is 5.64. The highest BCUT2D eigenvalue weighted by Crippen LogP contribution is 2.18. The van der Waals surface area contributed by atoms with Crippen molar-refractivity contribution in [2.45, 2.75) is 58.5 Å². The molecular formula is C17H28N4O. The van der Waals surface area contributed by atoms with E-state index in [1.165, 1.54) is 25.7 Å². The van der Waals surface area contributed by atoms with Crippen molar-refractivity contribution < 1.29 is 4.74 Å². The molecule has 5 heteroatoms. The number of guanidine groups is 1. The summed E-state index contributed by atoms with van der Waals surface area (Å²) in [7, 11) is 0. The van der Waals surface area contributed by atoms with Crippen LogP contribution in [-0.2, 0) is 6.54 Å². The molecule has 122 valence electrons. The minimum Gasteiger partial charge on any atom is -0.477 e. The zero-order valence-electron chi connectivity index (χ0n) is 13.8. The number of nitrogens with one attached hydrogen (secondary N) is 2. The van der Waals surface area contributed by atoms with E-state index in [0.29, 0.717) is 25.1 Å². The van der Waals surface area contributed by atoms with Gasteiger partial charge >= 0.3 is 0 Å². The third-order valence-electron chi connectivity index (χ3n) is 3.74. The quantitative estimate of drug-likeness (QED) is 0.601. The number of aromatic nitrogens is 1. The summed E-state index contributed by atoms with van der Waals surface area (Å²) in [4.78, 5) is 9.00. The van der Waals surface area contributed by atoms with Gasteiger partial charge in [0.1, 0.15) is 0 Å². The molecule has 0 bridgehead atoms. The molecule has 0 unspecified atom stereocenters. The van der Waals surface area contributed by atoms with Gasteiger partial charge in [0.05, 0.1) is 13.2 Å². The number of rotatable bonds is 7. The lowest BCUT2D eigenvalue weighted by atomic mass is 10.2. The van der Waals surface area contributed by atoms with E-state index in [1.54, 1.807) is 6.20 Å². The number of pyridine rings is 1. The lowest BCUT2D eigenvalue weighted by molar-refractivity contribution is 0.302. The maximum atomic E-state index is 5.69. The average molecular weight is 304 g/mol. The molecule has 1 saturated carbocycles. The van der Waals surface area contributed by atoms with E-state index in [9.17, 15) is 0 Å². The lowest BCUT2D eigenvalue weighted by Crippen LogP contribution is -2.42. The summed E-state index contributed by atoms with van der Waals surface area (Å²) in [5.41, 5.74) is 1.03. The summed E-state index contributed by atoms with van der Waals surface area (Å²) in [6.07, 6.45) is 7.85. The maximum Gasteiger partial charge on any atom is 0.218 e. The van der Waals surface area contributed by atoms with Crippen molar-refractivity contribution in [3.8, 4) is 5.88 Å². The molecule has 2 N–H and O–H groups in total. The Labute approximate surface area is 133 Å². The fraction of sp³-hybridized carbons (Fsp3) is 0.647. The lowest BCUT2D eigenvalue weighted by Gasteiger charge is -2.16. The minimum atomic E-state index is 0.558. The van der Waals surface area contributed by atoms with Crippen molar-refractivity contribution in [3.63, 3.8) is 0 Å². The second kappa shape index (κ2) is 9.28. The highest BCUT2D eigenvalue weighted by Gasteiger charge is 2.15. The van der Waals surface area contributed by atoms with E-state index in [-0.39, 0.29) is 0 Å². The molecule has 1 fully saturated rings. The number of hydrogen-bond donors (Lipinski definition) is 2. The van der Waals surface area contributed by atoms with Crippen molar-refractivity contribution in [2.75, 3.05) is 13.2 Å². The van der Waals surface area contributed by atoms with Crippen molar-refractivity contribution in [2.24, 2.45) is 4.99 Å². The van der Waals surface area contributed by atoms with Crippen LogP contribution < -0.4 is 15.4 Å². The normalized spacial score (nSPS) is 15.8. The van der Waals surface area contributed by atoms with E-state index in [4.69, 9.17) is 9.73 Å². The van der Waals surface area contributed by atoms with Crippen LogP contribution in [-0.4, -0.2) is 30.1 Å². The second-order valence-electron chi connectivity index (χ2n) is 5.64. The molecule has 0 spiro atoms. The highest BCUT2D eigenvalue weighted by atomic mass is 16.5. The summed E-state index contributed by atoms with van der Waals surface area (Å²) < 4.78 is 5.69. The van der Waals surface area contributed by atoms with Crippen LogP contribution in [0.1, 0.15) is 51.5 Å². The first-order chi connectivity index (χ1) is 10.8. The van der Waals surface area contributed by atoms with Gasteiger partial charge in [0.25, 0.3) is 0 Å². The molecule has 1 aliphatic rings. The Hall–Kier alpha value is -1.78. The fourth-order valence-corrected chi connectivity index (χ4v) is 2.62. The Morgan fingerprint density at radius 3 is 2.91 bits per heavy atom. The van der Waals surface area contributed by atoms with Crippen LogP contribution in [0.5, 0.6) is 5.88 Å². The number of hydrogen-bond acceptors (Lipinski definition) is 3. The predicted octanol–water partition coefficient (Wildman–Crippen LogP) is 2.87. The third-order valence-corrected chi connectivity index (χ3v) is 3.74. The van der Waals surface area contributed by atoms with Gasteiger partial charge < -0.3 is 15.4 Å². The third kappa shape index (κ3) is 5.20. The van der Waals surface area contributed by atoms with Crippen molar-refractivity contribution in [1.82, 2.24) is 15.6 Å². The Morgan fingerprint density at radius 2 is 2.18 bits per heavy atom. The van der Waals surface area contributed by atoms with Crippen molar-refractivity contribution in [1.29, 1.82) is 0 Å². The van der Waals surface area contributed by atoms with Crippen LogP contribution in [0.15, 0.2) is 23.3 Å². The molecule has 0 atom stereocenters. The summed E-state index contributed by atoms with van der Waals surface area (Å²) in [5, 5.41) is 6.85. The average Bonchev–Trinajstić information content (AvgIpc) is 3.04. The number of aliphatic imine (C=N–C) groups is 1. The van der Waals surface area contributed by atoms with E-state index >= 15 is 0 Å². The van der Waals surface area contributed by atoms with Gasteiger partial charge in [-0.3, -0.25) is 0 Å². The van der Waals surface area contributed by atoms with Crippen molar-refractivity contribution >= 4 is 5.96 Å². The highest BCUT2D eigenvalue weighted by molar-refractivity contribution is 5.80. The van der Waals surface area contributed by atoms with Gasteiger partial charge in [-0.05, 0) is 32.3 Å². The Balaban J connectivity index is 1.99. The molecule has 0 radical (unpaired) electrons. The monoisotopic (exact) mass is 304 g/mol. The molecule has 2 rings (SSSR count). The zero-order chi connectivity index (χ0) is 15.6. The first-order valence-corrected chi connectivity index (χ1v) is 8.45. The van der Waals surface area contributed by atoms with Crippen LogP contribution in [0.2, 0.25) is 0 Å². The molecule has 1 aromatic rings. The smallest absolute Gasteiger partial charge is 0.218 e. The van der Waals surface area contributed by atoms with Gasteiger partial charge in [-0.1, -0.05) is 25.8 Å². The van der Waals surface area contributed by atoms with Crippen LogP contribution in [0.25, 0.3) is 0 Å². The molecule has 5 nitrogen and oxygen atoms in total. The molecule has 0 amide bonds. The minimum absolute atomic E-state index is 0.558. The summed E-state index contributed by atoms with van der Waals surface area (Å²) in [5.74, 6) is 1.59. The predicted molar refractivity (Wildman–Crippen MR) is 90.2 cm³/mol. The number of ether oxygens (including phenoxy) is 1. The van der Waals surface area contributed by atoms with E-state index in [1.807, 2.05) is 12.1 Å². The molecule has 1 aliphatic carbocycles. The molecular weight excluding hydrogens is 276 g/mol.